The van der Waals surface area contributed by atoms with E-state index in [2.05, 4.69) is 76.1 Å². The van der Waals surface area contributed by atoms with E-state index in [1.54, 1.807) is 0 Å². The third-order valence-electron chi connectivity index (χ3n) is 6.29. The van der Waals surface area contributed by atoms with Crippen LogP contribution in [-0.4, -0.2) is 44.3 Å². The fraction of sp³-hybridized carbons (Fsp3) is 0.400. The molecule has 2 saturated heterocycles. The molecule has 0 bridgehead atoms. The molecule has 0 saturated carbocycles. The van der Waals surface area contributed by atoms with Crippen molar-refractivity contribution in [2.75, 3.05) is 32.7 Å². The molecule has 0 aromatic heterocycles. The summed E-state index contributed by atoms with van der Waals surface area (Å²) in [6.45, 7) is 12.4. The average Bonchev–Trinajstić information content (AvgIpc) is 2.77. The highest BCUT2D eigenvalue weighted by Crippen LogP contribution is 2.39. The fourth-order valence-corrected chi connectivity index (χ4v) is 4.78. The summed E-state index contributed by atoms with van der Waals surface area (Å²) in [5.74, 6) is 0. The van der Waals surface area contributed by atoms with Crippen molar-refractivity contribution in [1.29, 1.82) is 0 Å². The van der Waals surface area contributed by atoms with Crippen LogP contribution in [0, 0.1) is 5.41 Å². The van der Waals surface area contributed by atoms with Gasteiger partial charge in [0.15, 0.2) is 0 Å². The third-order valence-corrected chi connectivity index (χ3v) is 6.29. The van der Waals surface area contributed by atoms with E-state index >= 15 is 0 Å². The van der Waals surface area contributed by atoms with Gasteiger partial charge in [0.1, 0.15) is 0 Å². The molecule has 0 unspecified atom stereocenters. The molecule has 0 amide bonds. The van der Waals surface area contributed by atoms with Crippen LogP contribution in [0.4, 0.5) is 0 Å². The minimum atomic E-state index is 0.583. The molecule has 0 radical (unpaired) electrons. The van der Waals surface area contributed by atoms with Gasteiger partial charge in [-0.2, -0.15) is 5.10 Å². The highest BCUT2D eigenvalue weighted by Gasteiger charge is 2.42. The Balaban J connectivity index is 1.50. The molecule has 30 heavy (non-hydrogen) atoms. The summed E-state index contributed by atoms with van der Waals surface area (Å²) >= 11 is 0. The van der Waals surface area contributed by atoms with Crippen LogP contribution in [0.1, 0.15) is 36.5 Å². The molecule has 2 aliphatic rings. The first kappa shape index (κ1) is 20.6. The van der Waals surface area contributed by atoms with Gasteiger partial charge in [-0.1, -0.05) is 54.6 Å². The summed E-state index contributed by atoms with van der Waals surface area (Å²) < 4.78 is 0. The summed E-state index contributed by atoms with van der Waals surface area (Å²) in [6, 6.07) is 19.2. The van der Waals surface area contributed by atoms with Gasteiger partial charge in [0, 0.05) is 38.5 Å². The third kappa shape index (κ3) is 4.58. The van der Waals surface area contributed by atoms with Gasteiger partial charge in [0.2, 0.25) is 0 Å². The minimum absolute atomic E-state index is 0.583. The predicted octanol–water partition coefficient (Wildman–Crippen LogP) is 3.51. The molecular formula is C25H33N5. The number of likely N-dealkylation sites (tertiary alicyclic amines) is 1. The number of nitrogens with one attached hydrogen (secondary N) is 3. The first-order chi connectivity index (χ1) is 14.7. The van der Waals surface area contributed by atoms with Gasteiger partial charge >= 0.3 is 0 Å². The number of hydrogen-bond acceptors (Lipinski definition) is 5. The van der Waals surface area contributed by atoms with Crippen molar-refractivity contribution in [3.05, 3.63) is 71.3 Å². The molecule has 158 valence electrons. The molecule has 1 spiro atoms. The second-order valence-corrected chi connectivity index (χ2v) is 8.51. The van der Waals surface area contributed by atoms with E-state index < -0.39 is 0 Å². The van der Waals surface area contributed by atoms with Crippen LogP contribution in [0.2, 0.25) is 0 Å². The van der Waals surface area contributed by atoms with Crippen molar-refractivity contribution in [2.24, 2.45) is 10.5 Å². The van der Waals surface area contributed by atoms with E-state index in [0.29, 0.717) is 5.41 Å². The molecule has 2 aromatic carbocycles. The summed E-state index contributed by atoms with van der Waals surface area (Å²) in [6.07, 6.45) is 2.65. The Labute approximate surface area is 180 Å². The van der Waals surface area contributed by atoms with Crippen molar-refractivity contribution < 1.29 is 0 Å². The molecule has 2 aliphatic heterocycles. The van der Waals surface area contributed by atoms with Crippen molar-refractivity contribution in [2.45, 2.75) is 26.3 Å². The smallest absolute Gasteiger partial charge is 0.0871 e. The van der Waals surface area contributed by atoms with Crippen LogP contribution in [0.15, 0.2) is 59.7 Å². The lowest BCUT2D eigenvalue weighted by atomic mass is 9.72. The Morgan fingerprint density at radius 3 is 2.30 bits per heavy atom. The van der Waals surface area contributed by atoms with Crippen molar-refractivity contribution >= 4 is 18.1 Å². The normalized spacial score (nSPS) is 19.0. The lowest BCUT2D eigenvalue weighted by molar-refractivity contribution is -0.0282. The van der Waals surface area contributed by atoms with E-state index in [9.17, 15) is 0 Å². The standard InChI is InChI=1S/C25H33N5/c1-3-28-23(24(29-26-2)21-7-5-4-6-8-21)22-11-9-20(10-12-22)17-30-18-25(19-30)13-15-27-16-14-25/h4-12,27-29H,2-3,13-19H2,1H3/b24-23-. The van der Waals surface area contributed by atoms with Crippen LogP contribution in [0.5, 0.6) is 0 Å². The van der Waals surface area contributed by atoms with Crippen LogP contribution in [-0.2, 0) is 6.54 Å². The van der Waals surface area contributed by atoms with Crippen LogP contribution in [0.3, 0.4) is 0 Å². The van der Waals surface area contributed by atoms with E-state index in [-0.39, 0.29) is 0 Å². The second-order valence-electron chi connectivity index (χ2n) is 8.51. The lowest BCUT2D eigenvalue weighted by Gasteiger charge is -2.52. The topological polar surface area (TPSA) is 51.7 Å². The molecule has 5 nitrogen and oxygen atoms in total. The zero-order chi connectivity index (χ0) is 20.8. The van der Waals surface area contributed by atoms with Crippen molar-refractivity contribution in [1.82, 2.24) is 21.0 Å². The molecular weight excluding hydrogens is 370 g/mol. The number of hydrazone groups is 1. The Kier molecular flexibility index (Phi) is 6.50. The molecule has 4 rings (SSSR count). The zero-order valence-electron chi connectivity index (χ0n) is 18.0. The summed E-state index contributed by atoms with van der Waals surface area (Å²) in [5, 5.41) is 11.0. The molecule has 0 atom stereocenters. The Morgan fingerprint density at radius 2 is 1.67 bits per heavy atom. The van der Waals surface area contributed by atoms with Gasteiger partial charge in [-0.15, -0.1) is 0 Å². The number of piperidine rings is 1. The molecule has 2 fully saturated rings. The average molecular weight is 404 g/mol. The lowest BCUT2D eigenvalue weighted by Crippen LogP contribution is -2.59. The maximum atomic E-state index is 3.95. The Bertz CT molecular complexity index is 858. The SMILES string of the molecule is C=NN/C(=C(\NCC)c1ccc(CN2CC3(CCNCC3)C2)cc1)c1ccccc1. The van der Waals surface area contributed by atoms with Gasteiger partial charge < -0.3 is 10.6 Å². The Hall–Kier alpha value is -2.63. The zero-order valence-corrected chi connectivity index (χ0v) is 18.0. The highest BCUT2D eigenvalue weighted by molar-refractivity contribution is 5.89. The van der Waals surface area contributed by atoms with Gasteiger partial charge in [-0.05, 0) is 49.4 Å². The summed E-state index contributed by atoms with van der Waals surface area (Å²) in [7, 11) is 0. The molecule has 0 aliphatic carbocycles. The van der Waals surface area contributed by atoms with Gasteiger partial charge in [0.05, 0.1) is 11.4 Å². The van der Waals surface area contributed by atoms with Crippen LogP contribution in [0.25, 0.3) is 11.4 Å². The van der Waals surface area contributed by atoms with Crippen LogP contribution >= 0.6 is 0 Å². The predicted molar refractivity (Wildman–Crippen MR) is 126 cm³/mol. The number of nitrogens with zero attached hydrogens (tertiary/aromatic N) is 2. The number of rotatable bonds is 8. The molecule has 3 N–H and O–H groups in total. The van der Waals surface area contributed by atoms with Crippen molar-refractivity contribution in [3.8, 4) is 0 Å². The van der Waals surface area contributed by atoms with Gasteiger partial charge in [-0.3, -0.25) is 10.3 Å². The van der Waals surface area contributed by atoms with E-state index in [1.807, 2.05) is 18.2 Å². The first-order valence-electron chi connectivity index (χ1n) is 11.0. The van der Waals surface area contributed by atoms with Crippen molar-refractivity contribution in [3.63, 3.8) is 0 Å². The van der Waals surface area contributed by atoms with Gasteiger partial charge in [0.25, 0.3) is 0 Å². The van der Waals surface area contributed by atoms with E-state index in [1.165, 1.54) is 44.6 Å². The highest BCUT2D eigenvalue weighted by atomic mass is 15.3. The molecule has 5 heteroatoms. The van der Waals surface area contributed by atoms with E-state index in [0.717, 1.165) is 35.6 Å². The summed E-state index contributed by atoms with van der Waals surface area (Å²) in [5.41, 5.74) is 9.26. The maximum absolute atomic E-state index is 3.95. The molecule has 2 heterocycles. The monoisotopic (exact) mass is 403 g/mol. The quantitative estimate of drug-likeness (QED) is 0.359. The largest absolute Gasteiger partial charge is 0.383 e. The second kappa shape index (κ2) is 9.45. The fourth-order valence-electron chi connectivity index (χ4n) is 4.78. The van der Waals surface area contributed by atoms with E-state index in [4.69, 9.17) is 0 Å². The number of hydrogen-bond donors (Lipinski definition) is 3. The minimum Gasteiger partial charge on any atom is -0.383 e. The summed E-state index contributed by atoms with van der Waals surface area (Å²) in [4.78, 5) is 2.58. The number of benzene rings is 2. The first-order valence-corrected chi connectivity index (χ1v) is 11.0. The Morgan fingerprint density at radius 1 is 1.00 bits per heavy atom. The van der Waals surface area contributed by atoms with Gasteiger partial charge in [-0.25, -0.2) is 0 Å². The molecule has 2 aromatic rings. The maximum Gasteiger partial charge on any atom is 0.0871 e. The van der Waals surface area contributed by atoms with Crippen LogP contribution < -0.4 is 16.1 Å².